The highest BCUT2D eigenvalue weighted by Gasteiger charge is 2.20. The summed E-state index contributed by atoms with van der Waals surface area (Å²) in [7, 11) is 1.90. The smallest absolute Gasteiger partial charge is 0.125 e. The minimum atomic E-state index is -0.222. The summed E-state index contributed by atoms with van der Waals surface area (Å²) in [6.07, 6.45) is 1.66. The van der Waals surface area contributed by atoms with Gasteiger partial charge in [0.1, 0.15) is 11.6 Å². The molecule has 0 spiro atoms. The van der Waals surface area contributed by atoms with E-state index in [9.17, 15) is 4.39 Å². The van der Waals surface area contributed by atoms with E-state index < -0.39 is 0 Å². The number of nitrogens with one attached hydrogen (secondary N) is 1. The van der Waals surface area contributed by atoms with Crippen LogP contribution in [0.3, 0.4) is 0 Å². The van der Waals surface area contributed by atoms with Crippen molar-refractivity contribution in [3.8, 4) is 5.75 Å². The molecule has 0 aromatic heterocycles. The van der Waals surface area contributed by atoms with Gasteiger partial charge in [-0.25, -0.2) is 4.39 Å². The van der Waals surface area contributed by atoms with Gasteiger partial charge in [-0.3, -0.25) is 0 Å². The molecule has 0 radical (unpaired) electrons. The SMILES string of the molecule is CNC(Cc1cc(Cl)cc2c1OCC2)c1ccc(F)cc1. The Morgan fingerprint density at radius 3 is 2.76 bits per heavy atom. The number of hydrogen-bond donors (Lipinski definition) is 1. The van der Waals surface area contributed by atoms with Crippen LogP contribution in [0.5, 0.6) is 5.75 Å². The van der Waals surface area contributed by atoms with Crippen LogP contribution in [-0.4, -0.2) is 13.7 Å². The number of hydrogen-bond acceptors (Lipinski definition) is 2. The van der Waals surface area contributed by atoms with Crippen LogP contribution in [0.1, 0.15) is 22.7 Å². The first-order chi connectivity index (χ1) is 10.2. The topological polar surface area (TPSA) is 21.3 Å². The molecule has 110 valence electrons. The van der Waals surface area contributed by atoms with Gasteiger partial charge in [-0.05, 0) is 54.4 Å². The van der Waals surface area contributed by atoms with E-state index in [0.29, 0.717) is 6.61 Å². The molecule has 0 saturated carbocycles. The van der Waals surface area contributed by atoms with E-state index >= 15 is 0 Å². The molecule has 0 aliphatic carbocycles. The van der Waals surface area contributed by atoms with Crippen molar-refractivity contribution in [2.75, 3.05) is 13.7 Å². The maximum Gasteiger partial charge on any atom is 0.125 e. The first-order valence-corrected chi connectivity index (χ1v) is 7.42. The van der Waals surface area contributed by atoms with Crippen molar-refractivity contribution in [2.24, 2.45) is 0 Å². The summed E-state index contributed by atoms with van der Waals surface area (Å²) in [6, 6.07) is 10.6. The van der Waals surface area contributed by atoms with E-state index in [4.69, 9.17) is 16.3 Å². The van der Waals surface area contributed by atoms with Crippen molar-refractivity contribution in [3.05, 3.63) is 63.9 Å². The monoisotopic (exact) mass is 305 g/mol. The molecule has 4 heteroatoms. The molecule has 1 unspecified atom stereocenters. The van der Waals surface area contributed by atoms with Crippen molar-refractivity contribution < 1.29 is 9.13 Å². The molecular weight excluding hydrogens is 289 g/mol. The molecule has 0 amide bonds. The van der Waals surface area contributed by atoms with Gasteiger partial charge in [-0.15, -0.1) is 0 Å². The molecule has 1 N–H and O–H groups in total. The highest BCUT2D eigenvalue weighted by atomic mass is 35.5. The Morgan fingerprint density at radius 1 is 1.29 bits per heavy atom. The number of fused-ring (bicyclic) bond motifs is 1. The highest BCUT2D eigenvalue weighted by Crippen LogP contribution is 2.35. The third-order valence-electron chi connectivity index (χ3n) is 3.87. The fourth-order valence-corrected chi connectivity index (χ4v) is 3.06. The van der Waals surface area contributed by atoms with E-state index in [-0.39, 0.29) is 11.9 Å². The number of benzene rings is 2. The van der Waals surface area contributed by atoms with Gasteiger partial charge in [0.05, 0.1) is 6.61 Å². The summed E-state index contributed by atoms with van der Waals surface area (Å²) in [5.74, 6) is 0.738. The zero-order valence-corrected chi connectivity index (χ0v) is 12.6. The van der Waals surface area contributed by atoms with Crippen molar-refractivity contribution in [2.45, 2.75) is 18.9 Å². The third kappa shape index (κ3) is 3.04. The van der Waals surface area contributed by atoms with Gasteiger partial charge in [0, 0.05) is 17.5 Å². The normalized spacial score (nSPS) is 14.6. The number of ether oxygens (including phenoxy) is 1. The first-order valence-electron chi connectivity index (χ1n) is 7.04. The fourth-order valence-electron chi connectivity index (χ4n) is 2.80. The Morgan fingerprint density at radius 2 is 2.05 bits per heavy atom. The van der Waals surface area contributed by atoms with E-state index in [1.54, 1.807) is 0 Å². The molecular formula is C17H17ClFNO. The Bertz CT molecular complexity index is 642. The predicted octanol–water partition coefficient (Wildman–Crippen LogP) is 3.92. The van der Waals surface area contributed by atoms with Crippen LogP contribution in [-0.2, 0) is 12.8 Å². The van der Waals surface area contributed by atoms with Crippen molar-refractivity contribution >= 4 is 11.6 Å². The Hall–Kier alpha value is -1.58. The van der Waals surface area contributed by atoms with Gasteiger partial charge in [-0.2, -0.15) is 0 Å². The molecule has 1 aliphatic heterocycles. The minimum absolute atomic E-state index is 0.0948. The maximum absolute atomic E-state index is 13.1. The highest BCUT2D eigenvalue weighted by molar-refractivity contribution is 6.30. The molecule has 0 bridgehead atoms. The average Bonchev–Trinajstić information content (AvgIpc) is 2.94. The zero-order valence-electron chi connectivity index (χ0n) is 11.8. The maximum atomic E-state index is 13.1. The van der Waals surface area contributed by atoms with Crippen LogP contribution in [0, 0.1) is 5.82 Å². The zero-order chi connectivity index (χ0) is 14.8. The predicted molar refractivity (Wildman–Crippen MR) is 82.6 cm³/mol. The van der Waals surface area contributed by atoms with E-state index in [0.717, 1.165) is 34.7 Å². The van der Waals surface area contributed by atoms with Gasteiger partial charge in [0.15, 0.2) is 0 Å². The van der Waals surface area contributed by atoms with Gasteiger partial charge < -0.3 is 10.1 Å². The van der Waals surface area contributed by atoms with Gasteiger partial charge in [-0.1, -0.05) is 23.7 Å². The summed E-state index contributed by atoms with van der Waals surface area (Å²) in [5, 5.41) is 4.01. The lowest BCUT2D eigenvalue weighted by Crippen LogP contribution is -2.19. The summed E-state index contributed by atoms with van der Waals surface area (Å²) >= 11 is 6.20. The number of likely N-dealkylation sites (N-methyl/N-ethyl adjacent to an activating group) is 1. The Balaban J connectivity index is 1.89. The van der Waals surface area contributed by atoms with Crippen LogP contribution in [0.25, 0.3) is 0 Å². The van der Waals surface area contributed by atoms with E-state index in [1.807, 2.05) is 31.3 Å². The molecule has 1 aliphatic rings. The van der Waals surface area contributed by atoms with E-state index in [2.05, 4.69) is 5.32 Å². The number of rotatable bonds is 4. The van der Waals surface area contributed by atoms with Gasteiger partial charge in [0.2, 0.25) is 0 Å². The molecule has 1 atom stereocenters. The van der Waals surface area contributed by atoms with Crippen LogP contribution in [0.2, 0.25) is 5.02 Å². The second-order valence-corrected chi connectivity index (χ2v) is 5.68. The lowest BCUT2D eigenvalue weighted by atomic mass is 9.97. The van der Waals surface area contributed by atoms with Gasteiger partial charge in [0.25, 0.3) is 0 Å². The average molecular weight is 306 g/mol. The van der Waals surface area contributed by atoms with E-state index in [1.165, 1.54) is 17.7 Å². The summed E-state index contributed by atoms with van der Waals surface area (Å²) in [6.45, 7) is 0.712. The molecule has 1 heterocycles. The van der Waals surface area contributed by atoms with Crippen LogP contribution >= 0.6 is 11.6 Å². The standard InChI is InChI=1S/C17H17ClFNO/c1-20-16(11-2-4-15(19)5-3-11)10-13-9-14(18)8-12-6-7-21-17(12)13/h2-5,8-9,16,20H,6-7,10H2,1H3. The van der Waals surface area contributed by atoms with Crippen molar-refractivity contribution in [3.63, 3.8) is 0 Å². The summed E-state index contributed by atoms with van der Waals surface area (Å²) < 4.78 is 18.8. The first kappa shape index (κ1) is 14.4. The van der Waals surface area contributed by atoms with Crippen molar-refractivity contribution in [1.29, 1.82) is 0 Å². The van der Waals surface area contributed by atoms with Crippen LogP contribution in [0.15, 0.2) is 36.4 Å². The van der Waals surface area contributed by atoms with Crippen molar-refractivity contribution in [1.82, 2.24) is 5.32 Å². The van der Waals surface area contributed by atoms with Crippen LogP contribution in [0.4, 0.5) is 4.39 Å². The fraction of sp³-hybridized carbons (Fsp3) is 0.294. The third-order valence-corrected chi connectivity index (χ3v) is 4.09. The molecule has 3 rings (SSSR count). The molecule has 0 saturated heterocycles. The Kier molecular flexibility index (Phi) is 4.13. The Labute approximate surface area is 128 Å². The molecule has 2 nitrogen and oxygen atoms in total. The quantitative estimate of drug-likeness (QED) is 0.924. The van der Waals surface area contributed by atoms with Gasteiger partial charge >= 0.3 is 0 Å². The number of halogens is 2. The molecule has 2 aromatic carbocycles. The second kappa shape index (κ2) is 6.04. The lowest BCUT2D eigenvalue weighted by molar-refractivity contribution is 0.352. The second-order valence-electron chi connectivity index (χ2n) is 5.25. The molecule has 21 heavy (non-hydrogen) atoms. The minimum Gasteiger partial charge on any atom is -0.493 e. The molecule has 2 aromatic rings. The van der Waals surface area contributed by atoms with Crippen LogP contribution < -0.4 is 10.1 Å². The summed E-state index contributed by atoms with van der Waals surface area (Å²) in [4.78, 5) is 0. The lowest BCUT2D eigenvalue weighted by Gasteiger charge is -2.18. The largest absolute Gasteiger partial charge is 0.493 e. The molecule has 0 fully saturated rings. The summed E-state index contributed by atoms with van der Waals surface area (Å²) in [5.41, 5.74) is 3.32.